The molecule has 0 saturated heterocycles. The van der Waals surface area contributed by atoms with Crippen molar-refractivity contribution in [1.82, 2.24) is 15.0 Å². The lowest BCUT2D eigenvalue weighted by Gasteiger charge is -2.08. The lowest BCUT2D eigenvalue weighted by atomic mass is 10.2. The Balaban J connectivity index is 1.65. The van der Waals surface area contributed by atoms with Gasteiger partial charge in [-0.1, -0.05) is 22.9 Å². The summed E-state index contributed by atoms with van der Waals surface area (Å²) >= 11 is 6.07. The van der Waals surface area contributed by atoms with Crippen molar-refractivity contribution in [3.63, 3.8) is 0 Å². The highest BCUT2D eigenvalue weighted by molar-refractivity contribution is 6.31. The topological polar surface area (TPSA) is 98.1 Å². The van der Waals surface area contributed by atoms with E-state index in [0.29, 0.717) is 27.8 Å². The molecule has 3 aromatic rings. The Morgan fingerprint density at radius 1 is 1.07 bits per heavy atom. The lowest BCUT2D eigenvalue weighted by Crippen LogP contribution is -2.21. The van der Waals surface area contributed by atoms with Crippen LogP contribution in [0.5, 0.6) is 5.75 Å². The van der Waals surface area contributed by atoms with Crippen LogP contribution in [-0.2, 0) is 11.3 Å². The summed E-state index contributed by atoms with van der Waals surface area (Å²) in [4.78, 5) is 24.8. The van der Waals surface area contributed by atoms with E-state index in [-0.39, 0.29) is 18.1 Å². The largest absolute Gasteiger partial charge is 0.497 e. The van der Waals surface area contributed by atoms with Crippen molar-refractivity contribution in [3.8, 4) is 5.75 Å². The molecule has 0 aliphatic carbocycles. The predicted octanol–water partition coefficient (Wildman–Crippen LogP) is 3.45. The van der Waals surface area contributed by atoms with Gasteiger partial charge in [0.25, 0.3) is 5.91 Å². The number of hydrogen-bond acceptors (Lipinski definition) is 5. The lowest BCUT2D eigenvalue weighted by molar-refractivity contribution is -0.117. The number of amides is 2. The number of nitrogens with one attached hydrogen (secondary N) is 2. The van der Waals surface area contributed by atoms with E-state index < -0.39 is 5.91 Å². The number of carbonyl (C=O) groups is 2. The van der Waals surface area contributed by atoms with E-state index in [0.717, 1.165) is 5.56 Å². The highest BCUT2D eigenvalue weighted by Gasteiger charge is 2.18. The molecule has 0 spiro atoms. The molecule has 0 fully saturated rings. The van der Waals surface area contributed by atoms with Gasteiger partial charge >= 0.3 is 0 Å². The Kier molecular flexibility index (Phi) is 6.13. The number of methoxy groups -OCH3 is 1. The van der Waals surface area contributed by atoms with Crippen molar-refractivity contribution in [1.29, 1.82) is 0 Å². The summed E-state index contributed by atoms with van der Waals surface area (Å²) in [5.74, 6) is -0.0318. The van der Waals surface area contributed by atoms with Gasteiger partial charge in [0.1, 0.15) is 12.3 Å². The second-order valence-corrected chi connectivity index (χ2v) is 6.78. The molecule has 0 aliphatic heterocycles. The summed E-state index contributed by atoms with van der Waals surface area (Å²) in [6.07, 6.45) is 0. The van der Waals surface area contributed by atoms with Crippen molar-refractivity contribution in [2.45, 2.75) is 20.4 Å². The maximum Gasteiger partial charge on any atom is 0.278 e. The van der Waals surface area contributed by atoms with Crippen LogP contribution >= 0.6 is 11.6 Å². The third-order valence-corrected chi connectivity index (χ3v) is 4.70. The van der Waals surface area contributed by atoms with E-state index in [4.69, 9.17) is 16.3 Å². The SMILES string of the molecule is COc1ccc(NC(=O)c2nnn(CC(=O)Nc3ccc(C)c(Cl)c3)c2C)cc1. The summed E-state index contributed by atoms with van der Waals surface area (Å²) in [7, 11) is 1.57. The number of anilines is 2. The summed E-state index contributed by atoms with van der Waals surface area (Å²) in [5, 5.41) is 13.9. The van der Waals surface area contributed by atoms with Crippen LogP contribution in [0.15, 0.2) is 42.5 Å². The van der Waals surface area contributed by atoms with Gasteiger partial charge in [-0.2, -0.15) is 0 Å². The van der Waals surface area contributed by atoms with E-state index in [1.165, 1.54) is 4.68 Å². The first-order valence-corrected chi connectivity index (χ1v) is 9.16. The number of benzene rings is 2. The van der Waals surface area contributed by atoms with Crippen LogP contribution < -0.4 is 15.4 Å². The third-order valence-electron chi connectivity index (χ3n) is 4.29. The molecule has 0 aliphatic rings. The van der Waals surface area contributed by atoms with Crippen LogP contribution in [0.25, 0.3) is 0 Å². The Morgan fingerprint density at radius 3 is 2.41 bits per heavy atom. The van der Waals surface area contributed by atoms with Crippen LogP contribution in [0.2, 0.25) is 5.02 Å². The maximum atomic E-state index is 12.5. The fraction of sp³-hybridized carbons (Fsp3) is 0.200. The van der Waals surface area contributed by atoms with Crippen molar-refractivity contribution in [2.24, 2.45) is 0 Å². The van der Waals surface area contributed by atoms with Crippen molar-refractivity contribution in [2.75, 3.05) is 17.7 Å². The highest BCUT2D eigenvalue weighted by atomic mass is 35.5. The molecule has 2 aromatic carbocycles. The smallest absolute Gasteiger partial charge is 0.278 e. The molecule has 0 unspecified atom stereocenters. The van der Waals surface area contributed by atoms with Gasteiger partial charge in [-0.25, -0.2) is 4.68 Å². The average Bonchev–Trinajstić information content (AvgIpc) is 3.05. The van der Waals surface area contributed by atoms with Gasteiger partial charge in [-0.15, -0.1) is 5.10 Å². The van der Waals surface area contributed by atoms with E-state index >= 15 is 0 Å². The molecule has 1 heterocycles. The summed E-state index contributed by atoms with van der Waals surface area (Å²) in [6, 6.07) is 12.2. The molecule has 0 saturated carbocycles. The van der Waals surface area contributed by atoms with Crippen LogP contribution in [0.4, 0.5) is 11.4 Å². The van der Waals surface area contributed by atoms with Crippen molar-refractivity contribution >= 4 is 34.8 Å². The van der Waals surface area contributed by atoms with Gasteiger partial charge in [0.05, 0.1) is 12.8 Å². The van der Waals surface area contributed by atoms with Crippen molar-refractivity contribution in [3.05, 3.63) is 64.4 Å². The van der Waals surface area contributed by atoms with E-state index in [1.807, 2.05) is 13.0 Å². The molecule has 0 radical (unpaired) electrons. The Morgan fingerprint density at radius 2 is 1.76 bits per heavy atom. The monoisotopic (exact) mass is 413 g/mol. The maximum absolute atomic E-state index is 12.5. The number of aromatic nitrogens is 3. The van der Waals surface area contributed by atoms with Crippen LogP contribution in [0.1, 0.15) is 21.7 Å². The second kappa shape index (κ2) is 8.74. The number of nitrogens with zero attached hydrogens (tertiary/aromatic N) is 3. The van der Waals surface area contributed by atoms with Crippen LogP contribution in [0, 0.1) is 13.8 Å². The molecule has 3 rings (SSSR count). The molecule has 0 atom stereocenters. The molecule has 9 heteroatoms. The first-order chi connectivity index (χ1) is 13.9. The fourth-order valence-electron chi connectivity index (χ4n) is 2.59. The average molecular weight is 414 g/mol. The summed E-state index contributed by atoms with van der Waals surface area (Å²) in [6.45, 7) is 3.48. The zero-order valence-corrected chi connectivity index (χ0v) is 16.9. The molecule has 2 amide bonds. The molecular formula is C20H20ClN5O3. The zero-order chi connectivity index (χ0) is 21.0. The standard InChI is InChI=1S/C20H20ClN5O3/c1-12-4-5-15(10-17(12)21)22-18(27)11-26-13(2)19(24-25-26)20(28)23-14-6-8-16(29-3)9-7-14/h4-10H,11H2,1-3H3,(H,22,27)(H,23,28). The van der Waals surface area contributed by atoms with E-state index in [2.05, 4.69) is 20.9 Å². The molecule has 0 bridgehead atoms. The van der Waals surface area contributed by atoms with Gasteiger partial charge in [0.15, 0.2) is 5.69 Å². The van der Waals surface area contributed by atoms with E-state index in [9.17, 15) is 9.59 Å². The Bertz CT molecular complexity index is 1050. The zero-order valence-electron chi connectivity index (χ0n) is 16.2. The van der Waals surface area contributed by atoms with E-state index in [1.54, 1.807) is 50.4 Å². The number of halogens is 1. The minimum Gasteiger partial charge on any atom is -0.497 e. The predicted molar refractivity (Wildman–Crippen MR) is 111 cm³/mol. The Labute approximate surface area is 172 Å². The summed E-state index contributed by atoms with van der Waals surface area (Å²) in [5.41, 5.74) is 2.73. The molecule has 1 aromatic heterocycles. The summed E-state index contributed by atoms with van der Waals surface area (Å²) < 4.78 is 6.46. The minimum atomic E-state index is -0.412. The van der Waals surface area contributed by atoms with Gasteiger partial charge in [-0.3, -0.25) is 9.59 Å². The number of ether oxygens (including phenoxy) is 1. The van der Waals surface area contributed by atoms with Gasteiger partial charge in [0.2, 0.25) is 5.91 Å². The number of carbonyl (C=O) groups excluding carboxylic acids is 2. The van der Waals surface area contributed by atoms with Gasteiger partial charge in [-0.05, 0) is 55.8 Å². The van der Waals surface area contributed by atoms with Crippen LogP contribution in [-0.4, -0.2) is 33.9 Å². The third kappa shape index (κ3) is 4.91. The fourth-order valence-corrected chi connectivity index (χ4v) is 2.77. The number of hydrogen-bond donors (Lipinski definition) is 2. The minimum absolute atomic E-state index is 0.0832. The first-order valence-electron chi connectivity index (χ1n) is 8.79. The quantitative estimate of drug-likeness (QED) is 0.645. The van der Waals surface area contributed by atoms with Crippen molar-refractivity contribution < 1.29 is 14.3 Å². The molecular weight excluding hydrogens is 394 g/mol. The molecule has 2 N–H and O–H groups in total. The molecule has 8 nitrogen and oxygen atoms in total. The number of rotatable bonds is 6. The van der Waals surface area contributed by atoms with Gasteiger partial charge < -0.3 is 15.4 Å². The normalized spacial score (nSPS) is 10.5. The molecule has 29 heavy (non-hydrogen) atoms. The second-order valence-electron chi connectivity index (χ2n) is 6.38. The Hall–Kier alpha value is -3.39. The van der Waals surface area contributed by atoms with Crippen LogP contribution in [0.3, 0.4) is 0 Å². The van der Waals surface area contributed by atoms with Gasteiger partial charge in [0, 0.05) is 16.4 Å². The first kappa shape index (κ1) is 20.3. The highest BCUT2D eigenvalue weighted by Crippen LogP contribution is 2.20. The number of aryl methyl sites for hydroxylation is 1. The molecule has 150 valence electrons.